The third kappa shape index (κ3) is 6.06. The van der Waals surface area contributed by atoms with Crippen LogP contribution in [0.1, 0.15) is 17.0 Å². The largest absolute Gasteiger partial charge is 0.361 e. The first-order valence-electron chi connectivity index (χ1n) is 5.70. The highest BCUT2D eigenvalue weighted by Crippen LogP contribution is 2.19. The van der Waals surface area contributed by atoms with Gasteiger partial charge in [-0.25, -0.2) is 8.78 Å². The molecule has 3 N–H and O–H groups in total. The maximum absolute atomic E-state index is 12.8. The fourth-order valence-electron chi connectivity index (χ4n) is 1.30. The molecule has 0 saturated heterocycles. The molecule has 1 amide bonds. The number of aryl methyl sites for hydroxylation is 2. The molecule has 1 rings (SSSR count). The van der Waals surface area contributed by atoms with Crippen LogP contribution < -0.4 is 11.1 Å². The van der Waals surface area contributed by atoms with Crippen molar-refractivity contribution >= 4 is 30.1 Å². The fourth-order valence-corrected chi connectivity index (χ4v) is 2.31. The van der Waals surface area contributed by atoms with Crippen molar-refractivity contribution in [2.24, 2.45) is 5.73 Å². The maximum atomic E-state index is 12.8. The Hall–Kier alpha value is -0.860. The van der Waals surface area contributed by atoms with E-state index in [2.05, 4.69) is 10.5 Å². The Morgan fingerprint density at radius 1 is 1.50 bits per heavy atom. The third-order valence-corrected chi connectivity index (χ3v) is 3.46. The third-order valence-electron chi connectivity index (χ3n) is 2.50. The molecule has 0 unspecified atom stereocenters. The van der Waals surface area contributed by atoms with Crippen molar-refractivity contribution in [1.82, 2.24) is 10.5 Å². The number of carbonyl (C=O) groups is 1. The number of halogens is 3. The monoisotopic (exact) mass is 329 g/mol. The first-order chi connectivity index (χ1) is 8.85. The molecule has 116 valence electrons. The second-order valence-corrected chi connectivity index (χ2v) is 5.12. The number of aromatic nitrogens is 1. The zero-order chi connectivity index (χ0) is 14.5. The van der Waals surface area contributed by atoms with Crippen LogP contribution in [0.25, 0.3) is 0 Å². The molecule has 0 atom stereocenters. The Bertz CT molecular complexity index is 424. The zero-order valence-corrected chi connectivity index (χ0v) is 12.9. The molecule has 0 aliphatic heterocycles. The quantitative estimate of drug-likeness (QED) is 0.795. The molecule has 0 bridgehead atoms. The molecule has 0 saturated carbocycles. The Morgan fingerprint density at radius 2 is 2.15 bits per heavy atom. The number of hydrogen-bond donors (Lipinski definition) is 2. The highest BCUT2D eigenvalue weighted by molar-refractivity contribution is 7.99. The van der Waals surface area contributed by atoms with Crippen LogP contribution in [0.2, 0.25) is 0 Å². The lowest BCUT2D eigenvalue weighted by molar-refractivity contribution is -0.120. The summed E-state index contributed by atoms with van der Waals surface area (Å²) >= 11 is 1.32. The minimum Gasteiger partial charge on any atom is -0.361 e. The number of nitrogens with zero attached hydrogens (tertiary/aromatic N) is 1. The Kier molecular flexibility index (Phi) is 8.07. The maximum Gasteiger partial charge on any atom is 0.277 e. The summed E-state index contributed by atoms with van der Waals surface area (Å²) < 4.78 is 30.6. The van der Waals surface area contributed by atoms with Crippen LogP contribution in [0, 0.1) is 13.8 Å². The van der Waals surface area contributed by atoms with E-state index in [1.807, 2.05) is 6.92 Å². The minimum atomic E-state index is -3.05. The van der Waals surface area contributed by atoms with Gasteiger partial charge in [0.2, 0.25) is 5.91 Å². The van der Waals surface area contributed by atoms with Gasteiger partial charge >= 0.3 is 0 Å². The number of amides is 1. The SMILES string of the molecule is Cc1noc(C)c1CSCC(=O)NCC(F)(F)CN.Cl. The summed E-state index contributed by atoms with van der Waals surface area (Å²) in [4.78, 5) is 11.4. The van der Waals surface area contributed by atoms with Crippen LogP contribution in [0.4, 0.5) is 8.78 Å². The lowest BCUT2D eigenvalue weighted by Crippen LogP contribution is -2.42. The Morgan fingerprint density at radius 3 is 2.65 bits per heavy atom. The standard InChI is InChI=1S/C11H17F2N3O2S.ClH/c1-7-9(8(2)18-16-7)3-19-4-10(17)15-6-11(12,13)5-14;/h3-6,14H2,1-2H3,(H,15,17);1H. The van der Waals surface area contributed by atoms with Gasteiger partial charge in [0.05, 0.1) is 24.5 Å². The summed E-state index contributed by atoms with van der Waals surface area (Å²) in [5.74, 6) is -2.13. The molecule has 0 fully saturated rings. The number of alkyl halides is 2. The van der Waals surface area contributed by atoms with Crippen molar-refractivity contribution < 1.29 is 18.1 Å². The van der Waals surface area contributed by atoms with E-state index in [0.29, 0.717) is 11.5 Å². The predicted octanol–water partition coefficient (Wildman–Crippen LogP) is 1.66. The van der Waals surface area contributed by atoms with E-state index in [9.17, 15) is 13.6 Å². The van der Waals surface area contributed by atoms with Crippen molar-refractivity contribution in [1.29, 1.82) is 0 Å². The topological polar surface area (TPSA) is 81.2 Å². The van der Waals surface area contributed by atoms with Gasteiger partial charge < -0.3 is 15.6 Å². The lowest BCUT2D eigenvalue weighted by Gasteiger charge is -2.14. The second-order valence-electron chi connectivity index (χ2n) is 4.13. The summed E-state index contributed by atoms with van der Waals surface area (Å²) in [6.07, 6.45) is 0. The van der Waals surface area contributed by atoms with E-state index < -0.39 is 24.9 Å². The van der Waals surface area contributed by atoms with Gasteiger partial charge in [0.25, 0.3) is 5.92 Å². The van der Waals surface area contributed by atoms with Crippen LogP contribution in [0.15, 0.2) is 4.52 Å². The van der Waals surface area contributed by atoms with Crippen LogP contribution in [-0.2, 0) is 10.5 Å². The van der Waals surface area contributed by atoms with Gasteiger partial charge in [0.1, 0.15) is 5.76 Å². The molecule has 9 heteroatoms. The van der Waals surface area contributed by atoms with Crippen molar-refractivity contribution in [3.8, 4) is 0 Å². The van der Waals surface area contributed by atoms with E-state index in [1.165, 1.54) is 11.8 Å². The van der Waals surface area contributed by atoms with Crippen LogP contribution in [-0.4, -0.2) is 35.8 Å². The summed E-state index contributed by atoms with van der Waals surface area (Å²) in [6, 6.07) is 0. The molecule has 1 aromatic rings. The number of thioether (sulfide) groups is 1. The van der Waals surface area contributed by atoms with E-state index >= 15 is 0 Å². The van der Waals surface area contributed by atoms with Gasteiger partial charge in [-0.05, 0) is 13.8 Å². The summed E-state index contributed by atoms with van der Waals surface area (Å²) in [6.45, 7) is 2.10. The van der Waals surface area contributed by atoms with E-state index in [-0.39, 0.29) is 18.2 Å². The van der Waals surface area contributed by atoms with E-state index in [4.69, 9.17) is 10.3 Å². The molecule has 20 heavy (non-hydrogen) atoms. The average Bonchev–Trinajstić information content (AvgIpc) is 2.68. The van der Waals surface area contributed by atoms with Gasteiger partial charge in [-0.1, -0.05) is 5.16 Å². The van der Waals surface area contributed by atoms with E-state index in [1.54, 1.807) is 6.92 Å². The zero-order valence-electron chi connectivity index (χ0n) is 11.2. The average molecular weight is 330 g/mol. The molecule has 0 aliphatic rings. The molecule has 1 aromatic heterocycles. The van der Waals surface area contributed by atoms with Crippen molar-refractivity contribution in [3.63, 3.8) is 0 Å². The molecule has 0 aliphatic carbocycles. The van der Waals surface area contributed by atoms with Crippen molar-refractivity contribution in [3.05, 3.63) is 17.0 Å². The first kappa shape index (κ1) is 19.1. The smallest absolute Gasteiger partial charge is 0.277 e. The molecule has 0 radical (unpaired) electrons. The highest BCUT2D eigenvalue weighted by atomic mass is 35.5. The number of rotatable bonds is 7. The molecule has 0 spiro atoms. The van der Waals surface area contributed by atoms with Crippen LogP contribution >= 0.6 is 24.2 Å². The molecule has 5 nitrogen and oxygen atoms in total. The summed E-state index contributed by atoms with van der Waals surface area (Å²) in [5.41, 5.74) is 6.58. The van der Waals surface area contributed by atoms with Crippen LogP contribution in [0.5, 0.6) is 0 Å². The fraction of sp³-hybridized carbons (Fsp3) is 0.636. The van der Waals surface area contributed by atoms with Gasteiger partial charge in [-0.3, -0.25) is 4.79 Å². The Labute approximate surface area is 126 Å². The molecular weight excluding hydrogens is 312 g/mol. The molecule has 1 heterocycles. The number of carbonyl (C=O) groups excluding carboxylic acids is 1. The second kappa shape index (κ2) is 8.43. The number of nitrogens with one attached hydrogen (secondary N) is 1. The summed E-state index contributed by atoms with van der Waals surface area (Å²) in [5, 5.41) is 5.95. The van der Waals surface area contributed by atoms with Crippen molar-refractivity contribution in [2.75, 3.05) is 18.8 Å². The van der Waals surface area contributed by atoms with Gasteiger partial charge in [0.15, 0.2) is 0 Å². The Balaban J connectivity index is 0.00000361. The first-order valence-corrected chi connectivity index (χ1v) is 6.85. The summed E-state index contributed by atoms with van der Waals surface area (Å²) in [7, 11) is 0. The minimum absolute atomic E-state index is 0. The molecule has 0 aromatic carbocycles. The van der Waals surface area contributed by atoms with Gasteiger partial charge in [0, 0.05) is 11.3 Å². The highest BCUT2D eigenvalue weighted by Gasteiger charge is 2.27. The number of hydrogen-bond acceptors (Lipinski definition) is 5. The molecular formula is C11H18ClF2N3O2S. The van der Waals surface area contributed by atoms with Crippen molar-refractivity contribution in [2.45, 2.75) is 25.5 Å². The lowest BCUT2D eigenvalue weighted by atomic mass is 10.2. The van der Waals surface area contributed by atoms with E-state index in [0.717, 1.165) is 11.3 Å². The number of nitrogens with two attached hydrogens (primary N) is 1. The predicted molar refractivity (Wildman–Crippen MR) is 76.4 cm³/mol. The normalized spacial score (nSPS) is 11.1. The van der Waals surface area contributed by atoms with Gasteiger partial charge in [-0.2, -0.15) is 0 Å². The van der Waals surface area contributed by atoms with Crippen LogP contribution in [0.3, 0.4) is 0 Å². The van der Waals surface area contributed by atoms with Gasteiger partial charge in [-0.15, -0.1) is 24.2 Å².